The van der Waals surface area contributed by atoms with Crippen molar-refractivity contribution >= 4 is 12.1 Å². The van der Waals surface area contributed by atoms with E-state index in [4.69, 9.17) is 0 Å². The molecule has 1 aliphatic rings. The van der Waals surface area contributed by atoms with E-state index in [0.29, 0.717) is 5.82 Å². The number of carbonyl (C=O) groups excluding carboxylic acids is 1. The lowest BCUT2D eigenvalue weighted by atomic mass is 10.0. The number of aromatic amines is 1. The minimum Gasteiger partial charge on any atom is -0.342 e. The van der Waals surface area contributed by atoms with Crippen molar-refractivity contribution < 1.29 is 4.79 Å². The van der Waals surface area contributed by atoms with Crippen LogP contribution in [0.15, 0.2) is 17.2 Å². The fraction of sp³-hybridized carbons (Fsp3) is 0.500. The predicted molar refractivity (Wildman–Crippen MR) is 55.9 cm³/mol. The third kappa shape index (κ3) is 1.91. The van der Waals surface area contributed by atoms with E-state index in [1.165, 1.54) is 12.4 Å². The molecule has 0 saturated carbocycles. The minimum atomic E-state index is -0.230. The first-order valence-electron chi connectivity index (χ1n) is 5.08. The second-order valence-corrected chi connectivity index (χ2v) is 3.63. The number of aromatic nitrogens is 2. The van der Waals surface area contributed by atoms with Gasteiger partial charge in [0.25, 0.3) is 5.56 Å². The molecule has 0 amide bonds. The summed E-state index contributed by atoms with van der Waals surface area (Å²) in [6.07, 6.45) is 6.76. The zero-order chi connectivity index (χ0) is 10.7. The van der Waals surface area contributed by atoms with Crippen molar-refractivity contribution in [1.82, 2.24) is 9.97 Å². The fourth-order valence-electron chi connectivity index (χ4n) is 1.91. The largest absolute Gasteiger partial charge is 0.342 e. The smallest absolute Gasteiger partial charge is 0.290 e. The normalized spacial score (nSPS) is 21.3. The predicted octanol–water partition coefficient (Wildman–Crippen LogP) is 0.328. The Balaban J connectivity index is 2.32. The van der Waals surface area contributed by atoms with Crippen molar-refractivity contribution in [3.05, 3.63) is 22.7 Å². The molecule has 0 radical (unpaired) electrons. The van der Waals surface area contributed by atoms with Crippen molar-refractivity contribution in [2.24, 2.45) is 0 Å². The summed E-state index contributed by atoms with van der Waals surface area (Å²) < 4.78 is 0. The molecule has 80 valence electrons. The Morgan fingerprint density at radius 2 is 2.40 bits per heavy atom. The molecular formula is C10H13N3O2. The number of hydrogen-bond donors (Lipinski definition) is 1. The lowest BCUT2D eigenvalue weighted by Crippen LogP contribution is -2.43. The number of H-pyrrole nitrogens is 1. The summed E-state index contributed by atoms with van der Waals surface area (Å²) >= 11 is 0. The van der Waals surface area contributed by atoms with Crippen molar-refractivity contribution in [2.75, 3.05) is 11.4 Å². The summed E-state index contributed by atoms with van der Waals surface area (Å²) in [5.74, 6) is 0.356. The highest BCUT2D eigenvalue weighted by Crippen LogP contribution is 2.18. The van der Waals surface area contributed by atoms with Gasteiger partial charge in [-0.15, -0.1) is 0 Å². The molecule has 5 nitrogen and oxygen atoms in total. The molecule has 2 rings (SSSR count). The van der Waals surface area contributed by atoms with E-state index in [-0.39, 0.29) is 11.6 Å². The van der Waals surface area contributed by atoms with Gasteiger partial charge < -0.3 is 14.7 Å². The lowest BCUT2D eigenvalue weighted by molar-refractivity contribution is -0.109. The van der Waals surface area contributed by atoms with E-state index in [1.807, 2.05) is 0 Å². The van der Waals surface area contributed by atoms with Crippen LogP contribution < -0.4 is 10.5 Å². The van der Waals surface area contributed by atoms with Crippen LogP contribution in [-0.4, -0.2) is 28.8 Å². The molecule has 0 aromatic carbocycles. The molecule has 15 heavy (non-hydrogen) atoms. The monoisotopic (exact) mass is 207 g/mol. The quantitative estimate of drug-likeness (QED) is 0.709. The Labute approximate surface area is 87.1 Å². The first-order chi connectivity index (χ1) is 7.33. The van der Waals surface area contributed by atoms with E-state index in [9.17, 15) is 9.59 Å². The maximum absolute atomic E-state index is 11.5. The maximum Gasteiger partial charge on any atom is 0.290 e. The molecule has 0 bridgehead atoms. The van der Waals surface area contributed by atoms with Crippen LogP contribution in [0.1, 0.15) is 19.3 Å². The molecule has 1 aromatic rings. The summed E-state index contributed by atoms with van der Waals surface area (Å²) in [4.78, 5) is 30.8. The van der Waals surface area contributed by atoms with E-state index in [1.54, 1.807) is 4.90 Å². The van der Waals surface area contributed by atoms with Crippen molar-refractivity contribution in [2.45, 2.75) is 25.3 Å². The number of nitrogens with zero attached hydrogens (tertiary/aromatic N) is 2. The van der Waals surface area contributed by atoms with Crippen LogP contribution in [0.5, 0.6) is 0 Å². The number of nitrogens with one attached hydrogen (secondary N) is 1. The van der Waals surface area contributed by atoms with Gasteiger partial charge in [0.2, 0.25) is 0 Å². The molecule has 1 aliphatic heterocycles. The summed E-state index contributed by atoms with van der Waals surface area (Å²) in [7, 11) is 0. The Kier molecular flexibility index (Phi) is 2.80. The van der Waals surface area contributed by atoms with Crippen molar-refractivity contribution in [1.29, 1.82) is 0 Å². The fourth-order valence-corrected chi connectivity index (χ4v) is 1.91. The summed E-state index contributed by atoms with van der Waals surface area (Å²) in [5, 5.41) is 0. The van der Waals surface area contributed by atoms with E-state index in [0.717, 1.165) is 32.1 Å². The van der Waals surface area contributed by atoms with E-state index in [2.05, 4.69) is 9.97 Å². The topological polar surface area (TPSA) is 66.1 Å². The van der Waals surface area contributed by atoms with Crippen LogP contribution in [0.2, 0.25) is 0 Å². The van der Waals surface area contributed by atoms with Gasteiger partial charge in [-0.1, -0.05) is 0 Å². The van der Waals surface area contributed by atoms with Crippen LogP contribution >= 0.6 is 0 Å². The number of rotatable bonds is 2. The Morgan fingerprint density at radius 3 is 3.13 bits per heavy atom. The first-order valence-corrected chi connectivity index (χ1v) is 5.08. The SMILES string of the molecule is O=CC1CCCCN1c1ncc[nH]c1=O. The van der Waals surface area contributed by atoms with Gasteiger partial charge in [0, 0.05) is 18.9 Å². The molecule has 2 heterocycles. The second-order valence-electron chi connectivity index (χ2n) is 3.63. The zero-order valence-electron chi connectivity index (χ0n) is 8.35. The molecule has 5 heteroatoms. The summed E-state index contributed by atoms with van der Waals surface area (Å²) in [6.45, 7) is 0.726. The van der Waals surface area contributed by atoms with Crippen LogP contribution in [0.25, 0.3) is 0 Å². The van der Waals surface area contributed by atoms with Gasteiger partial charge in [0.1, 0.15) is 6.29 Å². The number of carbonyl (C=O) groups is 1. The lowest BCUT2D eigenvalue weighted by Gasteiger charge is -2.32. The van der Waals surface area contributed by atoms with Crippen molar-refractivity contribution in [3.63, 3.8) is 0 Å². The van der Waals surface area contributed by atoms with Crippen LogP contribution in [0.3, 0.4) is 0 Å². The van der Waals surface area contributed by atoms with Gasteiger partial charge in [-0.25, -0.2) is 4.98 Å². The molecule has 0 aliphatic carbocycles. The molecule has 1 saturated heterocycles. The maximum atomic E-state index is 11.5. The van der Waals surface area contributed by atoms with Gasteiger partial charge in [-0.3, -0.25) is 4.79 Å². The number of anilines is 1. The van der Waals surface area contributed by atoms with Gasteiger partial charge >= 0.3 is 0 Å². The molecule has 1 atom stereocenters. The zero-order valence-corrected chi connectivity index (χ0v) is 8.35. The molecule has 1 unspecified atom stereocenters. The molecule has 1 fully saturated rings. The Morgan fingerprint density at radius 1 is 1.53 bits per heavy atom. The Bertz CT molecular complexity index is 402. The standard InChI is InChI=1S/C10H13N3O2/c14-7-8-3-1-2-6-13(8)9-10(15)12-5-4-11-9/h4-5,7-8H,1-3,6H2,(H,12,15). The van der Waals surface area contributed by atoms with Gasteiger partial charge in [0.05, 0.1) is 6.04 Å². The molecule has 1 aromatic heterocycles. The number of aldehydes is 1. The number of hydrogen-bond acceptors (Lipinski definition) is 4. The average molecular weight is 207 g/mol. The average Bonchev–Trinajstić information content (AvgIpc) is 2.30. The minimum absolute atomic E-state index is 0.199. The van der Waals surface area contributed by atoms with E-state index < -0.39 is 0 Å². The number of piperidine rings is 1. The highest BCUT2D eigenvalue weighted by atomic mass is 16.1. The van der Waals surface area contributed by atoms with E-state index >= 15 is 0 Å². The van der Waals surface area contributed by atoms with Crippen molar-refractivity contribution in [3.8, 4) is 0 Å². The highest BCUT2D eigenvalue weighted by molar-refractivity contribution is 5.64. The molecule has 0 spiro atoms. The summed E-state index contributed by atoms with van der Waals surface area (Å²) in [5.41, 5.74) is -0.230. The molecular weight excluding hydrogens is 194 g/mol. The van der Waals surface area contributed by atoms with Crippen LogP contribution in [-0.2, 0) is 4.79 Å². The second kappa shape index (κ2) is 4.25. The first kappa shape index (κ1) is 9.89. The highest BCUT2D eigenvalue weighted by Gasteiger charge is 2.24. The van der Waals surface area contributed by atoms with Gasteiger partial charge in [0.15, 0.2) is 5.82 Å². The third-order valence-corrected chi connectivity index (χ3v) is 2.67. The van der Waals surface area contributed by atoms with Gasteiger partial charge in [-0.2, -0.15) is 0 Å². The molecule has 1 N–H and O–H groups in total. The Hall–Kier alpha value is -1.65. The van der Waals surface area contributed by atoms with Crippen LogP contribution in [0.4, 0.5) is 5.82 Å². The van der Waals surface area contributed by atoms with Gasteiger partial charge in [-0.05, 0) is 19.3 Å². The third-order valence-electron chi connectivity index (χ3n) is 2.67. The summed E-state index contributed by atoms with van der Waals surface area (Å²) in [6, 6.07) is -0.199. The van der Waals surface area contributed by atoms with Crippen LogP contribution in [0, 0.1) is 0 Å².